The van der Waals surface area contributed by atoms with Crippen molar-refractivity contribution in [2.45, 2.75) is 51.0 Å². The van der Waals surface area contributed by atoms with Crippen LogP contribution in [0.15, 0.2) is 6.33 Å². The maximum absolute atomic E-state index is 5.96. The van der Waals surface area contributed by atoms with Gasteiger partial charge in [0.2, 0.25) is 5.28 Å². The summed E-state index contributed by atoms with van der Waals surface area (Å²) in [6, 6.07) is 0.526. The van der Waals surface area contributed by atoms with Crippen LogP contribution >= 0.6 is 11.6 Å². The van der Waals surface area contributed by atoms with Crippen LogP contribution in [0.2, 0.25) is 5.28 Å². The van der Waals surface area contributed by atoms with Gasteiger partial charge in [-0.05, 0) is 24.4 Å². The van der Waals surface area contributed by atoms with Gasteiger partial charge in [0.15, 0.2) is 0 Å². The summed E-state index contributed by atoms with van der Waals surface area (Å²) in [5, 5.41) is 8.19. The highest BCUT2D eigenvalue weighted by Gasteiger charge is 2.15. The normalized spacial score (nSPS) is 20.4. The molecule has 14 heavy (non-hydrogen) atoms. The third-order valence-corrected chi connectivity index (χ3v) is 3.27. The number of halogens is 1. The molecule has 0 N–H and O–H groups in total. The fraction of sp³-hybridized carbons (Fsp3) is 0.800. The topological polar surface area (TPSA) is 30.7 Å². The molecule has 1 aromatic rings. The Balaban J connectivity index is 2.04. The zero-order chi connectivity index (χ0) is 9.80. The molecule has 1 heterocycles. The van der Waals surface area contributed by atoms with E-state index < -0.39 is 0 Å². The zero-order valence-electron chi connectivity index (χ0n) is 8.32. The summed E-state index contributed by atoms with van der Waals surface area (Å²) < 4.78 is 2.02. The number of hydrogen-bond donors (Lipinski definition) is 0. The average Bonchev–Trinajstić information content (AvgIpc) is 2.51. The third-order valence-electron chi connectivity index (χ3n) is 3.00. The van der Waals surface area contributed by atoms with Gasteiger partial charge in [-0.2, -0.15) is 0 Å². The van der Waals surface area contributed by atoms with Crippen molar-refractivity contribution in [3.05, 3.63) is 11.6 Å². The minimum absolute atomic E-state index is 0.526. The maximum Gasteiger partial charge on any atom is 0.225 e. The predicted molar refractivity (Wildman–Crippen MR) is 56.4 cm³/mol. The van der Waals surface area contributed by atoms with Crippen LogP contribution in [-0.4, -0.2) is 14.8 Å². The van der Waals surface area contributed by atoms with Crippen molar-refractivity contribution in [3.63, 3.8) is 0 Å². The molecule has 78 valence electrons. The van der Waals surface area contributed by atoms with Gasteiger partial charge in [-0.25, -0.2) is 0 Å². The second kappa shape index (κ2) is 4.78. The molecule has 0 atom stereocenters. The first-order valence-corrected chi connectivity index (χ1v) is 5.81. The van der Waals surface area contributed by atoms with Crippen LogP contribution in [0.4, 0.5) is 0 Å². The first kappa shape index (κ1) is 9.97. The average molecular weight is 214 g/mol. The van der Waals surface area contributed by atoms with Crippen LogP contribution in [0.1, 0.15) is 51.0 Å². The highest BCUT2D eigenvalue weighted by Crippen LogP contribution is 2.27. The Morgan fingerprint density at radius 3 is 2.36 bits per heavy atom. The molecule has 1 aliphatic carbocycles. The Morgan fingerprint density at radius 1 is 1.14 bits per heavy atom. The number of nitrogens with zero attached hydrogens (tertiary/aromatic N) is 3. The van der Waals surface area contributed by atoms with E-state index >= 15 is 0 Å². The number of hydrogen-bond acceptors (Lipinski definition) is 2. The van der Waals surface area contributed by atoms with Gasteiger partial charge in [-0.3, -0.25) is 0 Å². The van der Waals surface area contributed by atoms with Crippen LogP contribution in [0, 0.1) is 0 Å². The van der Waals surface area contributed by atoms with E-state index in [4.69, 9.17) is 11.6 Å². The molecule has 0 bridgehead atoms. The highest BCUT2D eigenvalue weighted by molar-refractivity contribution is 6.28. The molecule has 0 spiro atoms. The first-order chi connectivity index (χ1) is 6.88. The molecule has 0 aromatic carbocycles. The quantitative estimate of drug-likeness (QED) is 0.717. The summed E-state index contributed by atoms with van der Waals surface area (Å²) in [6.45, 7) is 0. The number of rotatable bonds is 1. The number of aromatic nitrogens is 3. The Kier molecular flexibility index (Phi) is 3.40. The van der Waals surface area contributed by atoms with Gasteiger partial charge >= 0.3 is 0 Å². The molecule has 0 amide bonds. The molecule has 1 saturated carbocycles. The van der Waals surface area contributed by atoms with E-state index in [1.807, 2.05) is 4.57 Å². The zero-order valence-corrected chi connectivity index (χ0v) is 9.08. The second-order valence-electron chi connectivity index (χ2n) is 4.01. The fourth-order valence-electron chi connectivity index (χ4n) is 2.19. The van der Waals surface area contributed by atoms with Crippen molar-refractivity contribution in [2.75, 3.05) is 0 Å². The molecular weight excluding hydrogens is 198 g/mol. The van der Waals surface area contributed by atoms with Gasteiger partial charge in [0.1, 0.15) is 6.33 Å². The second-order valence-corrected chi connectivity index (χ2v) is 4.34. The SMILES string of the molecule is Clc1nncn1C1CCCCCCC1. The standard InChI is InChI=1S/C10H16ClN3/c11-10-13-12-8-14(10)9-6-4-2-1-3-5-7-9/h8-9H,1-7H2. The smallest absolute Gasteiger partial charge is 0.225 e. The molecule has 0 saturated heterocycles. The summed E-state index contributed by atoms with van der Waals surface area (Å²) in [6.07, 6.45) is 10.9. The Labute approximate surface area is 89.5 Å². The fourth-order valence-corrected chi connectivity index (χ4v) is 2.41. The van der Waals surface area contributed by atoms with Crippen molar-refractivity contribution >= 4 is 11.6 Å². The maximum atomic E-state index is 5.96. The third kappa shape index (κ3) is 2.27. The van der Waals surface area contributed by atoms with Gasteiger partial charge in [0.25, 0.3) is 0 Å². The van der Waals surface area contributed by atoms with Crippen LogP contribution in [0.5, 0.6) is 0 Å². The Bertz CT molecular complexity index is 277. The molecule has 0 radical (unpaired) electrons. The molecular formula is C10H16ClN3. The van der Waals surface area contributed by atoms with Crippen LogP contribution < -0.4 is 0 Å². The van der Waals surface area contributed by atoms with Crippen molar-refractivity contribution in [2.24, 2.45) is 0 Å². The van der Waals surface area contributed by atoms with E-state index in [0.717, 1.165) is 0 Å². The summed E-state index contributed by atoms with van der Waals surface area (Å²) >= 11 is 5.96. The molecule has 2 rings (SSSR count). The van der Waals surface area contributed by atoms with E-state index in [1.165, 1.54) is 44.9 Å². The lowest BCUT2D eigenvalue weighted by Gasteiger charge is -2.20. The molecule has 0 unspecified atom stereocenters. The molecule has 1 fully saturated rings. The lowest BCUT2D eigenvalue weighted by molar-refractivity contribution is 0.371. The molecule has 1 aromatic heterocycles. The monoisotopic (exact) mass is 213 g/mol. The lowest BCUT2D eigenvalue weighted by atomic mass is 9.97. The van der Waals surface area contributed by atoms with Crippen LogP contribution in [0.3, 0.4) is 0 Å². The Morgan fingerprint density at radius 2 is 1.79 bits per heavy atom. The molecule has 1 aliphatic rings. The molecule has 4 heteroatoms. The van der Waals surface area contributed by atoms with Crippen molar-refractivity contribution in [3.8, 4) is 0 Å². The summed E-state index contributed by atoms with van der Waals surface area (Å²) in [5.41, 5.74) is 0. The van der Waals surface area contributed by atoms with E-state index in [2.05, 4.69) is 10.2 Å². The van der Waals surface area contributed by atoms with Crippen molar-refractivity contribution < 1.29 is 0 Å². The Hall–Kier alpha value is -0.570. The largest absolute Gasteiger partial charge is 0.301 e. The summed E-state index contributed by atoms with van der Waals surface area (Å²) in [5.74, 6) is 0. The van der Waals surface area contributed by atoms with E-state index in [-0.39, 0.29) is 0 Å². The van der Waals surface area contributed by atoms with E-state index in [0.29, 0.717) is 11.3 Å². The van der Waals surface area contributed by atoms with Gasteiger partial charge in [-0.15, -0.1) is 10.2 Å². The van der Waals surface area contributed by atoms with Crippen molar-refractivity contribution in [1.82, 2.24) is 14.8 Å². The van der Waals surface area contributed by atoms with Gasteiger partial charge in [0.05, 0.1) is 0 Å². The molecule has 3 nitrogen and oxygen atoms in total. The highest BCUT2D eigenvalue weighted by atomic mass is 35.5. The minimum Gasteiger partial charge on any atom is -0.301 e. The van der Waals surface area contributed by atoms with Gasteiger partial charge < -0.3 is 4.57 Å². The van der Waals surface area contributed by atoms with Crippen LogP contribution in [-0.2, 0) is 0 Å². The predicted octanol–water partition coefficient (Wildman–Crippen LogP) is 3.22. The lowest BCUT2D eigenvalue weighted by Crippen LogP contribution is -2.10. The van der Waals surface area contributed by atoms with Gasteiger partial charge in [-0.1, -0.05) is 32.1 Å². The first-order valence-electron chi connectivity index (χ1n) is 5.43. The van der Waals surface area contributed by atoms with Crippen LogP contribution in [0.25, 0.3) is 0 Å². The minimum atomic E-state index is 0.526. The summed E-state index contributed by atoms with van der Waals surface area (Å²) in [7, 11) is 0. The van der Waals surface area contributed by atoms with Gasteiger partial charge in [0, 0.05) is 6.04 Å². The van der Waals surface area contributed by atoms with E-state index in [9.17, 15) is 0 Å². The summed E-state index contributed by atoms with van der Waals surface area (Å²) in [4.78, 5) is 0. The van der Waals surface area contributed by atoms with E-state index in [1.54, 1.807) is 6.33 Å². The molecule has 0 aliphatic heterocycles. The van der Waals surface area contributed by atoms with Crippen molar-refractivity contribution in [1.29, 1.82) is 0 Å².